The van der Waals surface area contributed by atoms with E-state index in [4.69, 9.17) is 0 Å². The Labute approximate surface area is 104 Å². The number of hydrogen-bond acceptors (Lipinski definition) is 2. The largest absolute Gasteiger partial charge is 0.314 e. The van der Waals surface area contributed by atoms with Gasteiger partial charge in [-0.25, -0.2) is 0 Å². The summed E-state index contributed by atoms with van der Waals surface area (Å²) in [6.45, 7) is 4.72. The molecule has 1 N–H and O–H groups in total. The summed E-state index contributed by atoms with van der Waals surface area (Å²) >= 11 is 0. The number of aryl methyl sites for hydroxylation is 1. The number of nitrogens with one attached hydrogen (secondary N) is 1. The van der Waals surface area contributed by atoms with E-state index < -0.39 is 0 Å². The van der Waals surface area contributed by atoms with Gasteiger partial charge in [0.2, 0.25) is 0 Å². The number of benzene rings is 1. The van der Waals surface area contributed by atoms with Crippen LogP contribution in [0.25, 0.3) is 0 Å². The van der Waals surface area contributed by atoms with Gasteiger partial charge in [0.1, 0.15) is 0 Å². The second-order valence-electron chi connectivity index (χ2n) is 5.25. The molecule has 1 aliphatic carbocycles. The van der Waals surface area contributed by atoms with E-state index in [1.807, 2.05) is 0 Å². The highest BCUT2D eigenvalue weighted by atomic mass is 15.2. The Balaban J connectivity index is 1.88. The van der Waals surface area contributed by atoms with Gasteiger partial charge in [-0.05, 0) is 30.4 Å². The maximum absolute atomic E-state index is 3.45. The molecule has 0 spiro atoms. The van der Waals surface area contributed by atoms with Crippen molar-refractivity contribution in [2.24, 2.45) is 0 Å². The molecule has 1 aliphatic heterocycles. The summed E-state index contributed by atoms with van der Waals surface area (Å²) in [5.41, 5.74) is 3.19. The van der Waals surface area contributed by atoms with Crippen molar-refractivity contribution in [2.75, 3.05) is 26.2 Å². The lowest BCUT2D eigenvalue weighted by Crippen LogP contribution is -2.45. The fourth-order valence-electron chi connectivity index (χ4n) is 3.27. The Hall–Kier alpha value is -0.860. The Kier molecular flexibility index (Phi) is 3.44. The summed E-state index contributed by atoms with van der Waals surface area (Å²) in [4.78, 5) is 2.68. The molecule has 0 amide bonds. The molecule has 1 aromatic rings. The molecule has 92 valence electrons. The molecule has 2 nitrogen and oxygen atoms in total. The molecular weight excluding hydrogens is 208 g/mol. The summed E-state index contributed by atoms with van der Waals surface area (Å²) in [6.07, 6.45) is 5.36. The third-order valence-corrected chi connectivity index (χ3v) is 4.18. The van der Waals surface area contributed by atoms with Crippen LogP contribution in [-0.2, 0) is 6.42 Å². The van der Waals surface area contributed by atoms with Crippen LogP contribution in [0.2, 0.25) is 0 Å². The second-order valence-corrected chi connectivity index (χ2v) is 5.25. The van der Waals surface area contributed by atoms with Crippen molar-refractivity contribution < 1.29 is 0 Å². The zero-order chi connectivity index (χ0) is 11.5. The molecule has 3 rings (SSSR count). The van der Waals surface area contributed by atoms with E-state index in [-0.39, 0.29) is 0 Å². The van der Waals surface area contributed by atoms with Crippen LogP contribution in [0.1, 0.15) is 36.4 Å². The third-order valence-electron chi connectivity index (χ3n) is 4.18. The minimum Gasteiger partial charge on any atom is -0.314 e. The van der Waals surface area contributed by atoms with E-state index in [0.29, 0.717) is 6.04 Å². The molecule has 1 atom stereocenters. The van der Waals surface area contributed by atoms with Gasteiger partial charge in [-0.1, -0.05) is 30.7 Å². The smallest absolute Gasteiger partial charge is 0.0351 e. The molecule has 2 heteroatoms. The fraction of sp³-hybridized carbons (Fsp3) is 0.600. The Bertz CT molecular complexity index is 369. The van der Waals surface area contributed by atoms with E-state index >= 15 is 0 Å². The first-order valence-electron chi connectivity index (χ1n) is 6.98. The first-order valence-corrected chi connectivity index (χ1v) is 6.98. The maximum atomic E-state index is 3.45. The highest BCUT2D eigenvalue weighted by Gasteiger charge is 2.25. The van der Waals surface area contributed by atoms with Crippen molar-refractivity contribution in [3.63, 3.8) is 0 Å². The van der Waals surface area contributed by atoms with Crippen molar-refractivity contribution >= 4 is 0 Å². The SMILES string of the molecule is c1ccc2c(c1)CCCC[C@@H]2N1CCNCC1. The number of hydrogen-bond donors (Lipinski definition) is 1. The van der Waals surface area contributed by atoms with Crippen LogP contribution >= 0.6 is 0 Å². The predicted octanol–water partition coefficient (Wildman–Crippen LogP) is 2.36. The lowest BCUT2D eigenvalue weighted by Gasteiger charge is -2.35. The zero-order valence-corrected chi connectivity index (χ0v) is 10.5. The molecule has 17 heavy (non-hydrogen) atoms. The van der Waals surface area contributed by atoms with Crippen molar-refractivity contribution in [3.8, 4) is 0 Å². The standard InChI is InChI=1S/C15H22N2/c1-3-7-14-13(5-1)6-2-4-8-15(14)17-11-9-16-10-12-17/h1,3,5,7,15-16H,2,4,6,8-12H2/t15-/m0/s1. The van der Waals surface area contributed by atoms with E-state index in [1.165, 1.54) is 38.8 Å². The first-order chi connectivity index (χ1) is 8.45. The quantitative estimate of drug-likeness (QED) is 0.745. The first kappa shape index (κ1) is 11.2. The molecule has 1 heterocycles. The number of rotatable bonds is 1. The van der Waals surface area contributed by atoms with Crippen LogP contribution in [0.15, 0.2) is 24.3 Å². The van der Waals surface area contributed by atoms with Crippen molar-refractivity contribution in [3.05, 3.63) is 35.4 Å². The van der Waals surface area contributed by atoms with Gasteiger partial charge in [-0.3, -0.25) is 4.90 Å². The summed E-state index contributed by atoms with van der Waals surface area (Å²) < 4.78 is 0. The fourth-order valence-corrected chi connectivity index (χ4v) is 3.27. The highest BCUT2D eigenvalue weighted by molar-refractivity contribution is 5.31. The molecular formula is C15H22N2. The molecule has 0 bridgehead atoms. The van der Waals surface area contributed by atoms with Crippen molar-refractivity contribution in [1.82, 2.24) is 10.2 Å². The maximum Gasteiger partial charge on any atom is 0.0351 e. The molecule has 1 saturated heterocycles. The lowest BCUT2D eigenvalue weighted by atomic mass is 9.97. The second kappa shape index (κ2) is 5.19. The van der Waals surface area contributed by atoms with Gasteiger partial charge in [0, 0.05) is 32.2 Å². The zero-order valence-electron chi connectivity index (χ0n) is 10.5. The number of nitrogens with zero attached hydrogens (tertiary/aromatic N) is 1. The predicted molar refractivity (Wildman–Crippen MR) is 71.2 cm³/mol. The molecule has 0 radical (unpaired) electrons. The normalized spacial score (nSPS) is 26.2. The van der Waals surface area contributed by atoms with Crippen LogP contribution in [0.5, 0.6) is 0 Å². The Morgan fingerprint density at radius 3 is 2.76 bits per heavy atom. The third kappa shape index (κ3) is 2.38. The average Bonchev–Trinajstić information content (AvgIpc) is 2.62. The summed E-state index contributed by atoms with van der Waals surface area (Å²) in [7, 11) is 0. The van der Waals surface area contributed by atoms with E-state index in [0.717, 1.165) is 13.1 Å². The van der Waals surface area contributed by atoms with Crippen LogP contribution in [0.4, 0.5) is 0 Å². The van der Waals surface area contributed by atoms with Gasteiger partial charge in [-0.2, -0.15) is 0 Å². The number of fused-ring (bicyclic) bond motifs is 1. The van der Waals surface area contributed by atoms with Gasteiger partial charge < -0.3 is 5.32 Å². The van der Waals surface area contributed by atoms with Crippen molar-refractivity contribution in [2.45, 2.75) is 31.7 Å². The van der Waals surface area contributed by atoms with Crippen LogP contribution in [0.3, 0.4) is 0 Å². The molecule has 0 saturated carbocycles. The molecule has 2 aliphatic rings. The van der Waals surface area contributed by atoms with Gasteiger partial charge in [0.15, 0.2) is 0 Å². The van der Waals surface area contributed by atoms with Gasteiger partial charge in [0.25, 0.3) is 0 Å². The minimum atomic E-state index is 0.677. The van der Waals surface area contributed by atoms with Gasteiger partial charge in [0.05, 0.1) is 0 Å². The summed E-state index contributed by atoms with van der Waals surface area (Å²) in [6, 6.07) is 9.76. The minimum absolute atomic E-state index is 0.677. The van der Waals surface area contributed by atoms with Gasteiger partial charge >= 0.3 is 0 Å². The molecule has 1 fully saturated rings. The summed E-state index contributed by atoms with van der Waals surface area (Å²) in [5.74, 6) is 0. The summed E-state index contributed by atoms with van der Waals surface area (Å²) in [5, 5.41) is 3.45. The molecule has 0 aromatic heterocycles. The number of piperazine rings is 1. The topological polar surface area (TPSA) is 15.3 Å². The van der Waals surface area contributed by atoms with Crippen LogP contribution in [-0.4, -0.2) is 31.1 Å². The monoisotopic (exact) mass is 230 g/mol. The van der Waals surface area contributed by atoms with Gasteiger partial charge in [-0.15, -0.1) is 0 Å². The Morgan fingerprint density at radius 2 is 1.88 bits per heavy atom. The Morgan fingerprint density at radius 1 is 1.06 bits per heavy atom. The van der Waals surface area contributed by atoms with E-state index in [2.05, 4.69) is 34.5 Å². The van der Waals surface area contributed by atoms with Crippen molar-refractivity contribution in [1.29, 1.82) is 0 Å². The van der Waals surface area contributed by atoms with E-state index in [1.54, 1.807) is 11.1 Å². The molecule has 0 unspecified atom stereocenters. The lowest BCUT2D eigenvalue weighted by molar-refractivity contribution is 0.165. The molecule has 1 aromatic carbocycles. The van der Waals surface area contributed by atoms with Crippen LogP contribution in [0, 0.1) is 0 Å². The average molecular weight is 230 g/mol. The van der Waals surface area contributed by atoms with E-state index in [9.17, 15) is 0 Å². The highest BCUT2D eigenvalue weighted by Crippen LogP contribution is 2.33. The van der Waals surface area contributed by atoms with Crippen LogP contribution < -0.4 is 5.32 Å².